The molecule has 32 heavy (non-hydrogen) atoms. The Hall–Kier alpha value is -3.53. The second kappa shape index (κ2) is 7.27. The van der Waals surface area contributed by atoms with Crippen molar-refractivity contribution >= 4 is 21.4 Å². The molecule has 1 saturated heterocycles. The van der Waals surface area contributed by atoms with E-state index in [1.807, 2.05) is 56.3 Å². The number of nitrogens with one attached hydrogen (secondary N) is 1. The Balaban J connectivity index is 1.78. The number of fused-ring (bicyclic) bond motifs is 1. The minimum absolute atomic E-state index is 0.0692. The largest absolute Gasteiger partial charge is 0.411 e. The van der Waals surface area contributed by atoms with Crippen molar-refractivity contribution in [3.05, 3.63) is 64.3 Å². The Morgan fingerprint density at radius 3 is 2.38 bits per heavy atom. The zero-order chi connectivity index (χ0) is 22.6. The minimum Gasteiger partial charge on any atom is -0.290 e. The highest BCUT2D eigenvalue weighted by Crippen LogP contribution is 2.33. The number of anilines is 1. The molecule has 0 unspecified atom stereocenters. The van der Waals surface area contributed by atoms with Crippen LogP contribution >= 0.6 is 0 Å². The molecule has 9 nitrogen and oxygen atoms in total. The van der Waals surface area contributed by atoms with Gasteiger partial charge in [-0.25, -0.2) is 18.2 Å². The van der Waals surface area contributed by atoms with Gasteiger partial charge in [0.2, 0.25) is 5.65 Å². The van der Waals surface area contributed by atoms with E-state index in [1.165, 1.54) is 9.08 Å². The summed E-state index contributed by atoms with van der Waals surface area (Å²) in [6.07, 6.45) is 0. The summed E-state index contributed by atoms with van der Waals surface area (Å²) >= 11 is 0. The second-order valence-electron chi connectivity index (χ2n) is 8.33. The average molecular weight is 452 g/mol. The molecule has 1 aliphatic heterocycles. The topological polar surface area (TPSA) is 126 Å². The molecule has 3 aromatic heterocycles. The van der Waals surface area contributed by atoms with E-state index < -0.39 is 15.5 Å². The van der Waals surface area contributed by atoms with E-state index in [1.54, 1.807) is 0 Å². The summed E-state index contributed by atoms with van der Waals surface area (Å²) < 4.78 is 25.8. The zero-order valence-corrected chi connectivity index (χ0v) is 18.6. The number of aryl methyl sites for hydroxylation is 2. The monoisotopic (exact) mass is 451 g/mol. The van der Waals surface area contributed by atoms with Gasteiger partial charge in [-0.2, -0.15) is 4.68 Å². The summed E-state index contributed by atoms with van der Waals surface area (Å²) in [5.41, 5.74) is 11.2. The molecule has 3 N–H and O–H groups in total. The molecule has 4 aromatic rings. The van der Waals surface area contributed by atoms with Crippen LogP contribution in [0.5, 0.6) is 0 Å². The number of aromatic nitrogens is 5. The molecule has 1 aromatic carbocycles. The van der Waals surface area contributed by atoms with Crippen LogP contribution in [0.3, 0.4) is 0 Å². The Morgan fingerprint density at radius 1 is 1.09 bits per heavy atom. The first-order valence-corrected chi connectivity index (χ1v) is 12.1. The summed E-state index contributed by atoms with van der Waals surface area (Å²) in [6.45, 7) is 4.06. The lowest BCUT2D eigenvalue weighted by atomic mass is 9.99. The maximum absolute atomic E-state index is 13.2. The number of aromatic amines is 1. The van der Waals surface area contributed by atoms with Crippen molar-refractivity contribution in [3.63, 3.8) is 0 Å². The van der Waals surface area contributed by atoms with Gasteiger partial charge < -0.3 is 0 Å². The van der Waals surface area contributed by atoms with Crippen LogP contribution < -0.4 is 16.4 Å². The lowest BCUT2D eigenvalue weighted by molar-refractivity contribution is -0.351. The van der Waals surface area contributed by atoms with Crippen molar-refractivity contribution in [1.82, 2.24) is 19.2 Å². The molecule has 0 aliphatic carbocycles. The van der Waals surface area contributed by atoms with Gasteiger partial charge >= 0.3 is 11.6 Å². The average Bonchev–Trinajstić information content (AvgIpc) is 3.03. The number of rotatable bonds is 4. The van der Waals surface area contributed by atoms with E-state index in [9.17, 15) is 13.2 Å². The highest BCUT2D eigenvalue weighted by molar-refractivity contribution is 7.92. The Labute approximate surface area is 184 Å². The van der Waals surface area contributed by atoms with Gasteiger partial charge in [0.15, 0.2) is 9.84 Å². The maximum atomic E-state index is 13.2. The highest BCUT2D eigenvalue weighted by Gasteiger charge is 2.35. The van der Waals surface area contributed by atoms with Crippen molar-refractivity contribution in [2.24, 2.45) is 5.92 Å². The van der Waals surface area contributed by atoms with E-state index in [2.05, 4.69) is 15.1 Å². The number of hydrogen-bond acceptors (Lipinski definition) is 6. The van der Waals surface area contributed by atoms with Gasteiger partial charge in [-0.05, 0) is 31.5 Å². The van der Waals surface area contributed by atoms with Gasteiger partial charge in [0.05, 0.1) is 23.6 Å². The summed E-state index contributed by atoms with van der Waals surface area (Å²) in [7, 11) is -2.99. The molecule has 5 rings (SSSR count). The molecule has 0 amide bonds. The Kier molecular flexibility index (Phi) is 4.63. The van der Waals surface area contributed by atoms with Crippen LogP contribution in [-0.2, 0) is 16.4 Å². The van der Waals surface area contributed by atoms with Gasteiger partial charge in [-0.1, -0.05) is 30.3 Å². The molecule has 0 spiro atoms. The molecule has 10 heteroatoms. The van der Waals surface area contributed by atoms with E-state index in [4.69, 9.17) is 5.73 Å². The van der Waals surface area contributed by atoms with Crippen molar-refractivity contribution in [3.8, 4) is 22.4 Å². The molecule has 0 saturated carbocycles. The van der Waals surface area contributed by atoms with E-state index in [-0.39, 0.29) is 29.9 Å². The molecular formula is C22H23N6O3S+. The smallest absolute Gasteiger partial charge is 0.290 e. The number of nitrogens with two attached hydrogens (primary N) is 1. The third-order valence-electron chi connectivity index (χ3n) is 5.65. The maximum Gasteiger partial charge on any atom is 0.411 e. The molecule has 1 fully saturated rings. The molecule has 0 atom stereocenters. The molecule has 1 aliphatic rings. The number of nitrogen functional groups attached to an aromatic ring is 1. The predicted molar refractivity (Wildman–Crippen MR) is 121 cm³/mol. The van der Waals surface area contributed by atoms with Crippen LogP contribution in [0.4, 0.5) is 5.95 Å². The van der Waals surface area contributed by atoms with Gasteiger partial charge in [0, 0.05) is 22.9 Å². The standard InChI is InChI=1S/C22H22N6O3S/c1-13-8-17(9-14(2)24-13)18-19(16-6-4-3-5-7-16)25-21(23)28-20(18)26-27(22(28)29)10-15-11-32(30,31)12-15/h3-9,15H,10-12H2,1-2H3,(H2,23,25)/p+1. The second-order valence-corrected chi connectivity index (χ2v) is 10.5. The van der Waals surface area contributed by atoms with Crippen LogP contribution in [0.25, 0.3) is 28.0 Å². The summed E-state index contributed by atoms with van der Waals surface area (Å²) in [6, 6.07) is 13.6. The fourth-order valence-corrected chi connectivity index (χ4v) is 5.91. The van der Waals surface area contributed by atoms with Crippen molar-refractivity contribution in [1.29, 1.82) is 0 Å². The van der Waals surface area contributed by atoms with Crippen LogP contribution in [0.2, 0.25) is 0 Å². The SMILES string of the molecule is Cc1cc(-c2c(-c3ccccc3)[nH+]c(N)n3c(=O)n(CC4CS(=O)(=O)C4)nc23)cc(C)n1. The van der Waals surface area contributed by atoms with Crippen molar-refractivity contribution in [2.75, 3.05) is 17.2 Å². The van der Waals surface area contributed by atoms with Crippen molar-refractivity contribution in [2.45, 2.75) is 20.4 Å². The molecular weight excluding hydrogens is 428 g/mol. The lowest BCUT2D eigenvalue weighted by Gasteiger charge is -2.24. The van der Waals surface area contributed by atoms with Crippen LogP contribution in [-0.4, -0.2) is 39.1 Å². The van der Waals surface area contributed by atoms with Gasteiger partial charge in [-0.15, -0.1) is 9.50 Å². The van der Waals surface area contributed by atoms with Crippen LogP contribution in [0, 0.1) is 19.8 Å². The van der Waals surface area contributed by atoms with Gasteiger partial charge in [0.25, 0.3) is 0 Å². The Morgan fingerprint density at radius 2 is 1.75 bits per heavy atom. The number of H-pyrrole nitrogens is 1. The Bertz CT molecular complexity index is 1490. The first-order chi connectivity index (χ1) is 15.2. The number of sulfone groups is 1. The fraction of sp³-hybridized carbons (Fsp3) is 0.273. The number of nitrogens with zero attached hydrogens (tertiary/aromatic N) is 4. The quantitative estimate of drug-likeness (QED) is 0.498. The van der Waals surface area contributed by atoms with Gasteiger partial charge in [-0.3, -0.25) is 10.7 Å². The highest BCUT2D eigenvalue weighted by atomic mass is 32.2. The predicted octanol–water partition coefficient (Wildman–Crippen LogP) is 1.28. The van der Waals surface area contributed by atoms with E-state index in [0.29, 0.717) is 5.65 Å². The zero-order valence-electron chi connectivity index (χ0n) is 17.7. The number of benzene rings is 1. The molecule has 0 radical (unpaired) electrons. The fourth-order valence-electron chi connectivity index (χ4n) is 4.36. The van der Waals surface area contributed by atoms with Gasteiger partial charge in [0.1, 0.15) is 5.69 Å². The lowest BCUT2D eigenvalue weighted by Crippen LogP contribution is -2.41. The first-order valence-electron chi connectivity index (χ1n) is 10.3. The van der Waals surface area contributed by atoms with Crippen LogP contribution in [0.15, 0.2) is 47.3 Å². The number of pyridine rings is 1. The third-order valence-corrected chi connectivity index (χ3v) is 7.61. The summed E-state index contributed by atoms with van der Waals surface area (Å²) in [4.78, 5) is 20.8. The normalized spacial score (nSPS) is 15.7. The molecule has 4 heterocycles. The van der Waals surface area contributed by atoms with Crippen molar-refractivity contribution < 1.29 is 13.4 Å². The third kappa shape index (κ3) is 3.46. The summed E-state index contributed by atoms with van der Waals surface area (Å²) in [5, 5.41) is 4.62. The number of hydrogen-bond donors (Lipinski definition) is 1. The first kappa shape index (κ1) is 20.4. The molecule has 0 bridgehead atoms. The van der Waals surface area contributed by atoms with Crippen LogP contribution in [0.1, 0.15) is 11.4 Å². The minimum atomic E-state index is -2.99. The molecule has 164 valence electrons. The van der Waals surface area contributed by atoms with E-state index >= 15 is 0 Å². The summed E-state index contributed by atoms with van der Waals surface area (Å²) in [5.74, 6) is 0.164. The van der Waals surface area contributed by atoms with E-state index in [0.717, 1.165) is 33.8 Å².